The summed E-state index contributed by atoms with van der Waals surface area (Å²) in [5.74, 6) is 0.772. The van der Waals surface area contributed by atoms with Crippen molar-refractivity contribution in [3.8, 4) is 5.75 Å². The molecule has 1 atom stereocenters. The molecule has 0 amide bonds. The van der Waals surface area contributed by atoms with Gasteiger partial charge in [0, 0.05) is 11.6 Å². The first-order valence-electron chi connectivity index (χ1n) is 5.37. The quantitative estimate of drug-likeness (QED) is 0.874. The Morgan fingerprint density at radius 2 is 2.35 bits per heavy atom. The number of nitrogens with one attached hydrogen (secondary N) is 1. The van der Waals surface area contributed by atoms with Crippen molar-refractivity contribution in [2.24, 2.45) is 0 Å². The second kappa shape index (κ2) is 5.70. The summed E-state index contributed by atoms with van der Waals surface area (Å²) in [5, 5.41) is 9.20. The summed E-state index contributed by atoms with van der Waals surface area (Å²) in [6.45, 7) is 2.58. The zero-order valence-corrected chi connectivity index (χ0v) is 10.6. The Balaban J connectivity index is 2.28. The van der Waals surface area contributed by atoms with E-state index in [1.54, 1.807) is 6.20 Å². The highest BCUT2D eigenvalue weighted by molar-refractivity contribution is 7.03. The molecule has 1 unspecified atom stereocenters. The zero-order chi connectivity index (χ0) is 12.1. The minimum absolute atomic E-state index is 0.00153. The summed E-state index contributed by atoms with van der Waals surface area (Å²) >= 11 is 1.34. The van der Waals surface area contributed by atoms with E-state index in [1.165, 1.54) is 11.5 Å². The molecule has 0 saturated carbocycles. The van der Waals surface area contributed by atoms with Crippen LogP contribution in [0.25, 0.3) is 0 Å². The van der Waals surface area contributed by atoms with E-state index >= 15 is 0 Å². The monoisotopic (exact) mass is 250 g/mol. The molecule has 2 aromatic heterocycles. The molecule has 1 N–H and O–H groups in total. The van der Waals surface area contributed by atoms with Crippen molar-refractivity contribution in [2.75, 3.05) is 13.7 Å². The molecule has 0 spiro atoms. The number of rotatable bonds is 5. The third-order valence-electron chi connectivity index (χ3n) is 2.34. The summed E-state index contributed by atoms with van der Waals surface area (Å²) in [7, 11) is 1.89. The Hall–Kier alpha value is -1.53. The van der Waals surface area contributed by atoms with E-state index in [0.29, 0.717) is 6.61 Å². The Morgan fingerprint density at radius 3 is 3.00 bits per heavy atom. The highest BCUT2D eigenvalue weighted by Crippen LogP contribution is 2.23. The number of aromatic nitrogens is 3. The van der Waals surface area contributed by atoms with Gasteiger partial charge >= 0.3 is 0 Å². The van der Waals surface area contributed by atoms with Crippen LogP contribution in [0, 0.1) is 0 Å². The largest absolute Gasteiger partial charge is 0.492 e. The van der Waals surface area contributed by atoms with Crippen molar-refractivity contribution >= 4 is 11.5 Å². The van der Waals surface area contributed by atoms with Crippen molar-refractivity contribution in [3.05, 3.63) is 35.1 Å². The Bertz CT molecular complexity index is 460. The van der Waals surface area contributed by atoms with E-state index < -0.39 is 0 Å². The van der Waals surface area contributed by atoms with E-state index in [1.807, 2.05) is 31.6 Å². The molecular weight excluding hydrogens is 236 g/mol. The molecule has 5 nitrogen and oxygen atoms in total. The van der Waals surface area contributed by atoms with Crippen molar-refractivity contribution in [1.29, 1.82) is 0 Å². The first-order valence-corrected chi connectivity index (χ1v) is 6.20. The van der Waals surface area contributed by atoms with Crippen molar-refractivity contribution in [3.63, 3.8) is 0 Å². The van der Waals surface area contributed by atoms with Crippen molar-refractivity contribution in [1.82, 2.24) is 19.9 Å². The third kappa shape index (κ3) is 2.78. The minimum atomic E-state index is 0.00153. The molecule has 6 heteroatoms. The molecule has 0 radical (unpaired) electrons. The minimum Gasteiger partial charge on any atom is -0.492 e. The number of pyridine rings is 1. The predicted molar refractivity (Wildman–Crippen MR) is 66.2 cm³/mol. The molecule has 0 aliphatic rings. The van der Waals surface area contributed by atoms with E-state index in [4.69, 9.17) is 4.74 Å². The van der Waals surface area contributed by atoms with Gasteiger partial charge in [-0.15, -0.1) is 5.10 Å². The Labute approximate surface area is 104 Å². The molecular formula is C11H14N4OS. The maximum atomic E-state index is 5.43. The first-order chi connectivity index (χ1) is 8.35. The van der Waals surface area contributed by atoms with Crippen molar-refractivity contribution in [2.45, 2.75) is 13.0 Å². The smallest absolute Gasteiger partial charge is 0.137 e. The van der Waals surface area contributed by atoms with Crippen LogP contribution in [-0.2, 0) is 0 Å². The average Bonchev–Trinajstić information content (AvgIpc) is 2.85. The van der Waals surface area contributed by atoms with Gasteiger partial charge in [0.15, 0.2) is 0 Å². The predicted octanol–water partition coefficient (Wildman–Crippen LogP) is 1.64. The van der Waals surface area contributed by atoms with E-state index in [9.17, 15) is 0 Å². The van der Waals surface area contributed by atoms with Crippen LogP contribution < -0.4 is 10.1 Å². The Morgan fingerprint density at radius 1 is 1.47 bits per heavy atom. The summed E-state index contributed by atoms with van der Waals surface area (Å²) in [4.78, 5) is 4.17. The maximum absolute atomic E-state index is 5.43. The molecule has 17 heavy (non-hydrogen) atoms. The van der Waals surface area contributed by atoms with Crippen LogP contribution in [0.2, 0.25) is 0 Å². The van der Waals surface area contributed by atoms with Crippen LogP contribution in [0.4, 0.5) is 0 Å². The zero-order valence-electron chi connectivity index (χ0n) is 9.75. The highest BCUT2D eigenvalue weighted by atomic mass is 32.1. The first kappa shape index (κ1) is 11.9. The Kier molecular flexibility index (Phi) is 4.00. The number of hydrogen-bond acceptors (Lipinski definition) is 6. The number of nitrogens with zero attached hydrogens (tertiary/aromatic N) is 3. The van der Waals surface area contributed by atoms with Crippen LogP contribution in [0.1, 0.15) is 24.2 Å². The maximum Gasteiger partial charge on any atom is 0.137 e. The normalized spacial score (nSPS) is 12.4. The topological polar surface area (TPSA) is 59.9 Å². The summed E-state index contributed by atoms with van der Waals surface area (Å²) in [5.41, 5.74) is 1.92. The lowest BCUT2D eigenvalue weighted by molar-refractivity contribution is 0.338. The average molecular weight is 250 g/mol. The van der Waals surface area contributed by atoms with Gasteiger partial charge in [-0.05, 0) is 37.1 Å². The molecule has 2 aromatic rings. The van der Waals surface area contributed by atoms with Gasteiger partial charge in [-0.25, -0.2) is 0 Å². The van der Waals surface area contributed by atoms with Crippen LogP contribution in [0.5, 0.6) is 5.75 Å². The SMILES string of the molecule is CCOc1cncc(C(NC)c2csnn2)c1. The van der Waals surface area contributed by atoms with Gasteiger partial charge in [0.1, 0.15) is 5.75 Å². The van der Waals surface area contributed by atoms with Gasteiger partial charge < -0.3 is 10.1 Å². The van der Waals surface area contributed by atoms with Crippen molar-refractivity contribution < 1.29 is 4.74 Å². The van der Waals surface area contributed by atoms with Gasteiger partial charge in [0.25, 0.3) is 0 Å². The lowest BCUT2D eigenvalue weighted by Gasteiger charge is -2.14. The fourth-order valence-corrected chi connectivity index (χ4v) is 2.10. The lowest BCUT2D eigenvalue weighted by atomic mass is 10.1. The van der Waals surface area contributed by atoms with Gasteiger partial charge in [0.05, 0.1) is 24.5 Å². The molecule has 90 valence electrons. The van der Waals surface area contributed by atoms with Crippen LogP contribution in [0.3, 0.4) is 0 Å². The number of ether oxygens (including phenoxy) is 1. The van der Waals surface area contributed by atoms with Crippen LogP contribution >= 0.6 is 11.5 Å². The molecule has 0 saturated heterocycles. The molecule has 0 aliphatic heterocycles. The molecule has 2 rings (SSSR count). The molecule has 0 fully saturated rings. The molecule has 2 heterocycles. The number of hydrogen-bond donors (Lipinski definition) is 1. The molecule has 0 aliphatic carbocycles. The molecule has 0 aromatic carbocycles. The van der Waals surface area contributed by atoms with E-state index in [0.717, 1.165) is 17.0 Å². The summed E-state index contributed by atoms with van der Waals surface area (Å²) < 4.78 is 9.31. The van der Waals surface area contributed by atoms with Gasteiger partial charge in [-0.2, -0.15) is 0 Å². The second-order valence-electron chi connectivity index (χ2n) is 3.44. The van der Waals surface area contributed by atoms with Crippen LogP contribution in [-0.4, -0.2) is 28.2 Å². The summed E-state index contributed by atoms with van der Waals surface area (Å²) in [6, 6.07) is 1.97. The molecule has 0 bridgehead atoms. The summed E-state index contributed by atoms with van der Waals surface area (Å²) in [6.07, 6.45) is 3.52. The standard InChI is InChI=1S/C11H14N4OS/c1-3-16-9-4-8(5-13-6-9)11(12-2)10-7-17-15-14-10/h4-7,11-12H,3H2,1-2H3. The third-order valence-corrected chi connectivity index (χ3v) is 2.86. The second-order valence-corrected chi connectivity index (χ2v) is 4.05. The van der Waals surface area contributed by atoms with Gasteiger partial charge in [0.2, 0.25) is 0 Å². The van der Waals surface area contributed by atoms with Crippen LogP contribution in [0.15, 0.2) is 23.8 Å². The van der Waals surface area contributed by atoms with Gasteiger partial charge in [-0.1, -0.05) is 4.49 Å². The van der Waals surface area contributed by atoms with E-state index in [2.05, 4.69) is 19.9 Å². The lowest BCUT2D eigenvalue weighted by Crippen LogP contribution is -2.18. The van der Waals surface area contributed by atoms with Gasteiger partial charge in [-0.3, -0.25) is 4.98 Å². The fraction of sp³-hybridized carbons (Fsp3) is 0.364. The van der Waals surface area contributed by atoms with E-state index in [-0.39, 0.29) is 6.04 Å². The fourth-order valence-electron chi connectivity index (χ4n) is 1.62. The highest BCUT2D eigenvalue weighted by Gasteiger charge is 2.15.